The predicted molar refractivity (Wildman–Crippen MR) is 71.9 cm³/mol. The van der Waals surface area contributed by atoms with Gasteiger partial charge in [-0.05, 0) is 37.3 Å². The van der Waals surface area contributed by atoms with E-state index in [9.17, 15) is 20.0 Å². The van der Waals surface area contributed by atoms with E-state index < -0.39 is 10.9 Å². The molecule has 2 atom stereocenters. The first kappa shape index (κ1) is 14.3. The summed E-state index contributed by atoms with van der Waals surface area (Å²) >= 11 is 0. The third-order valence-corrected chi connectivity index (χ3v) is 3.53. The van der Waals surface area contributed by atoms with Crippen LogP contribution >= 0.6 is 0 Å². The number of rotatable bonds is 5. The average molecular weight is 280 g/mol. The van der Waals surface area contributed by atoms with Crippen LogP contribution < -0.4 is 5.32 Å². The van der Waals surface area contributed by atoms with Crippen LogP contribution in [0.25, 0.3) is 0 Å². The van der Waals surface area contributed by atoms with E-state index in [1.165, 1.54) is 18.2 Å². The van der Waals surface area contributed by atoms with Gasteiger partial charge in [-0.1, -0.05) is 0 Å². The third-order valence-electron chi connectivity index (χ3n) is 3.53. The molecule has 7 nitrogen and oxygen atoms in total. The Hall–Kier alpha value is -2.15. The van der Waals surface area contributed by atoms with E-state index in [-0.39, 0.29) is 29.0 Å². The Morgan fingerprint density at radius 1 is 1.45 bits per heavy atom. The number of nitro benzene ring substituents is 1. The Labute approximate surface area is 115 Å². The summed E-state index contributed by atoms with van der Waals surface area (Å²) in [6, 6.07) is 3.67. The Morgan fingerprint density at radius 2 is 2.20 bits per heavy atom. The molecule has 0 aromatic heterocycles. The minimum absolute atomic E-state index is 0.00422. The molecular weight excluding hydrogens is 264 g/mol. The number of anilines is 1. The van der Waals surface area contributed by atoms with Gasteiger partial charge in [0, 0.05) is 12.6 Å². The van der Waals surface area contributed by atoms with Crippen molar-refractivity contribution in [3.8, 4) is 0 Å². The second-order valence-electron chi connectivity index (χ2n) is 5.01. The highest BCUT2D eigenvalue weighted by Gasteiger charge is 2.24. The molecule has 2 unspecified atom stereocenters. The fraction of sp³-hybridized carbons (Fsp3) is 0.462. The predicted octanol–water partition coefficient (Wildman–Crippen LogP) is 1.87. The monoisotopic (exact) mass is 280 g/mol. The van der Waals surface area contributed by atoms with Crippen molar-refractivity contribution in [2.45, 2.75) is 25.4 Å². The molecule has 2 rings (SSSR count). The maximum atomic E-state index is 10.9. The van der Waals surface area contributed by atoms with Gasteiger partial charge in [0.25, 0.3) is 5.69 Å². The summed E-state index contributed by atoms with van der Waals surface area (Å²) in [7, 11) is 0. The Balaban J connectivity index is 2.13. The summed E-state index contributed by atoms with van der Waals surface area (Å²) < 4.78 is 0. The summed E-state index contributed by atoms with van der Waals surface area (Å²) in [5, 5.41) is 32.2. The highest BCUT2D eigenvalue weighted by atomic mass is 16.6. The van der Waals surface area contributed by atoms with Crippen molar-refractivity contribution < 1.29 is 19.9 Å². The zero-order valence-corrected chi connectivity index (χ0v) is 10.8. The van der Waals surface area contributed by atoms with Crippen LogP contribution in [0.4, 0.5) is 11.4 Å². The number of carbonyl (C=O) groups is 1. The van der Waals surface area contributed by atoms with Crippen LogP contribution in [-0.2, 0) is 0 Å². The maximum Gasteiger partial charge on any atom is 0.335 e. The number of benzene rings is 1. The van der Waals surface area contributed by atoms with Gasteiger partial charge in [-0.25, -0.2) is 4.79 Å². The molecule has 3 N–H and O–H groups in total. The fourth-order valence-electron chi connectivity index (χ4n) is 2.46. The number of nitrogens with one attached hydrogen (secondary N) is 1. The van der Waals surface area contributed by atoms with Crippen LogP contribution in [-0.4, -0.2) is 33.8 Å². The number of carboxylic acids is 1. The number of aromatic carboxylic acids is 1. The van der Waals surface area contributed by atoms with Gasteiger partial charge in [0.15, 0.2) is 0 Å². The molecule has 108 valence electrons. The van der Waals surface area contributed by atoms with Gasteiger partial charge < -0.3 is 15.5 Å². The van der Waals surface area contributed by atoms with Crippen molar-refractivity contribution in [2.75, 3.05) is 11.9 Å². The molecule has 7 heteroatoms. The van der Waals surface area contributed by atoms with Crippen LogP contribution in [0.1, 0.15) is 29.6 Å². The van der Waals surface area contributed by atoms with Gasteiger partial charge in [-0.15, -0.1) is 0 Å². The van der Waals surface area contributed by atoms with Crippen molar-refractivity contribution in [2.24, 2.45) is 5.92 Å². The fourth-order valence-corrected chi connectivity index (χ4v) is 2.46. The first-order chi connectivity index (χ1) is 9.47. The second kappa shape index (κ2) is 5.87. The molecule has 1 fully saturated rings. The number of aliphatic hydroxyl groups excluding tert-OH is 1. The molecule has 1 aromatic rings. The molecule has 1 aliphatic carbocycles. The molecule has 0 spiro atoms. The molecule has 1 aliphatic rings. The van der Waals surface area contributed by atoms with Gasteiger partial charge in [0.1, 0.15) is 5.69 Å². The molecule has 0 heterocycles. The van der Waals surface area contributed by atoms with Crippen molar-refractivity contribution >= 4 is 17.3 Å². The zero-order chi connectivity index (χ0) is 14.7. The Kier molecular flexibility index (Phi) is 4.19. The molecule has 0 aliphatic heterocycles. The quantitative estimate of drug-likeness (QED) is 0.560. The summed E-state index contributed by atoms with van der Waals surface area (Å²) in [4.78, 5) is 21.3. The Bertz CT molecular complexity index is 531. The average Bonchev–Trinajstić information content (AvgIpc) is 2.81. The topological polar surface area (TPSA) is 113 Å². The number of aliphatic hydroxyl groups is 1. The van der Waals surface area contributed by atoms with Crippen molar-refractivity contribution in [3.63, 3.8) is 0 Å². The molecule has 0 saturated heterocycles. The zero-order valence-electron chi connectivity index (χ0n) is 10.8. The minimum Gasteiger partial charge on any atom is -0.478 e. The number of carboxylic acid groups (broad SMARTS) is 1. The molecule has 20 heavy (non-hydrogen) atoms. The largest absolute Gasteiger partial charge is 0.478 e. The first-order valence-corrected chi connectivity index (χ1v) is 6.41. The van der Waals surface area contributed by atoms with E-state index >= 15 is 0 Å². The van der Waals surface area contributed by atoms with Gasteiger partial charge in [-0.3, -0.25) is 10.1 Å². The normalized spacial score (nSPS) is 21.6. The molecule has 0 bridgehead atoms. The van der Waals surface area contributed by atoms with Gasteiger partial charge >= 0.3 is 5.97 Å². The van der Waals surface area contributed by atoms with E-state index in [2.05, 4.69) is 5.32 Å². The number of nitrogens with zero attached hydrogens (tertiary/aromatic N) is 1. The maximum absolute atomic E-state index is 10.9. The van der Waals surface area contributed by atoms with Crippen molar-refractivity contribution in [1.82, 2.24) is 0 Å². The van der Waals surface area contributed by atoms with Crippen LogP contribution in [0.15, 0.2) is 18.2 Å². The smallest absolute Gasteiger partial charge is 0.335 e. The third kappa shape index (κ3) is 3.24. The lowest BCUT2D eigenvalue weighted by atomic mass is 10.1. The number of nitro groups is 1. The number of hydrogen-bond donors (Lipinski definition) is 3. The lowest BCUT2D eigenvalue weighted by Crippen LogP contribution is -2.14. The van der Waals surface area contributed by atoms with E-state index in [4.69, 9.17) is 5.11 Å². The summed E-state index contributed by atoms with van der Waals surface area (Å²) in [5.41, 5.74) is 0.0643. The second-order valence-corrected chi connectivity index (χ2v) is 5.01. The van der Waals surface area contributed by atoms with Crippen LogP contribution in [0.3, 0.4) is 0 Å². The summed E-state index contributed by atoms with van der Waals surface area (Å²) in [6.45, 7) is 0.487. The molecule has 0 radical (unpaired) electrons. The minimum atomic E-state index is -1.13. The van der Waals surface area contributed by atoms with Gasteiger partial charge in [0.05, 0.1) is 16.6 Å². The van der Waals surface area contributed by atoms with E-state index in [0.717, 1.165) is 12.8 Å². The van der Waals surface area contributed by atoms with E-state index in [1.807, 2.05) is 0 Å². The number of hydrogen-bond acceptors (Lipinski definition) is 5. The summed E-state index contributed by atoms with van der Waals surface area (Å²) in [6.07, 6.45) is 1.96. The molecular formula is C13H16N2O5. The lowest BCUT2D eigenvalue weighted by molar-refractivity contribution is -0.384. The van der Waals surface area contributed by atoms with Crippen molar-refractivity contribution in [3.05, 3.63) is 33.9 Å². The molecule has 1 aromatic carbocycles. The standard InChI is InChI=1S/C13H16N2O5/c16-10-3-1-8(5-10)7-14-11-6-9(13(17)18)2-4-12(11)15(19)20/h2,4,6,8,10,14,16H,1,3,5,7H2,(H,17,18). The van der Waals surface area contributed by atoms with Crippen LogP contribution in [0.2, 0.25) is 0 Å². The van der Waals surface area contributed by atoms with Gasteiger partial charge in [-0.2, -0.15) is 0 Å². The molecule has 0 amide bonds. The Morgan fingerprint density at radius 3 is 2.75 bits per heavy atom. The van der Waals surface area contributed by atoms with Gasteiger partial charge in [0.2, 0.25) is 0 Å². The first-order valence-electron chi connectivity index (χ1n) is 6.41. The highest BCUT2D eigenvalue weighted by molar-refractivity contribution is 5.90. The lowest BCUT2D eigenvalue weighted by Gasteiger charge is -2.12. The SMILES string of the molecule is O=C(O)c1ccc([N+](=O)[O-])c(NCC2CCC(O)C2)c1. The van der Waals surface area contributed by atoms with Crippen LogP contribution in [0.5, 0.6) is 0 Å². The molecule has 1 saturated carbocycles. The van der Waals surface area contributed by atoms with E-state index in [0.29, 0.717) is 13.0 Å². The summed E-state index contributed by atoms with van der Waals surface area (Å²) in [5.74, 6) is -0.877. The van der Waals surface area contributed by atoms with Crippen LogP contribution in [0, 0.1) is 16.0 Å². The highest BCUT2D eigenvalue weighted by Crippen LogP contribution is 2.29. The van der Waals surface area contributed by atoms with E-state index in [1.54, 1.807) is 0 Å². The van der Waals surface area contributed by atoms with Crippen molar-refractivity contribution in [1.29, 1.82) is 0 Å².